The van der Waals surface area contributed by atoms with Gasteiger partial charge in [0.15, 0.2) is 11.6 Å². The van der Waals surface area contributed by atoms with Gasteiger partial charge in [-0.1, -0.05) is 18.2 Å². The van der Waals surface area contributed by atoms with E-state index in [1.807, 2.05) is 17.5 Å². The van der Waals surface area contributed by atoms with Crippen molar-refractivity contribution in [3.63, 3.8) is 0 Å². The Morgan fingerprint density at radius 1 is 1.00 bits per heavy atom. The largest absolute Gasteiger partial charge is 0.357 e. The summed E-state index contributed by atoms with van der Waals surface area (Å²) in [6.45, 7) is 0. The normalized spacial score (nSPS) is 11.5. The van der Waals surface area contributed by atoms with Gasteiger partial charge in [-0.05, 0) is 60.2 Å². The Hall–Kier alpha value is -3.59. The zero-order valence-electron chi connectivity index (χ0n) is 17.9. The second-order valence-electron chi connectivity index (χ2n) is 7.26. The van der Waals surface area contributed by atoms with Crippen LogP contribution in [0.5, 0.6) is 0 Å². The van der Waals surface area contributed by atoms with E-state index in [9.17, 15) is 23.2 Å². The number of rotatable bonds is 9. The minimum atomic E-state index is -1.23. The van der Waals surface area contributed by atoms with Crippen LogP contribution in [-0.4, -0.2) is 24.8 Å². The first-order valence-electron chi connectivity index (χ1n) is 10.3. The number of hydrogen-bond donors (Lipinski definition) is 3. The first-order valence-corrected chi connectivity index (χ1v) is 11.1. The van der Waals surface area contributed by atoms with E-state index < -0.39 is 29.5 Å². The molecule has 1 atom stereocenters. The molecule has 1 unspecified atom stereocenters. The van der Waals surface area contributed by atoms with Crippen molar-refractivity contribution in [2.75, 3.05) is 12.4 Å². The minimum absolute atomic E-state index is 0.0943. The molecular weight excluding hydrogens is 448 g/mol. The first-order chi connectivity index (χ1) is 15.9. The Labute approximate surface area is 194 Å². The van der Waals surface area contributed by atoms with Crippen LogP contribution in [0.2, 0.25) is 0 Å². The van der Waals surface area contributed by atoms with Gasteiger partial charge in [0.25, 0.3) is 5.91 Å². The third-order valence-electron chi connectivity index (χ3n) is 4.88. The first kappa shape index (κ1) is 24.1. The highest BCUT2D eigenvalue weighted by atomic mass is 32.1. The number of nitrogens with one attached hydrogen (secondary N) is 3. The quantitative estimate of drug-likeness (QED) is 0.437. The molecule has 33 heavy (non-hydrogen) atoms. The maximum atomic E-state index is 13.7. The van der Waals surface area contributed by atoms with Gasteiger partial charge in [0, 0.05) is 29.6 Å². The van der Waals surface area contributed by atoms with Gasteiger partial charge in [-0.25, -0.2) is 8.78 Å². The predicted molar refractivity (Wildman–Crippen MR) is 123 cm³/mol. The van der Waals surface area contributed by atoms with Crippen molar-refractivity contribution >= 4 is 34.7 Å². The van der Waals surface area contributed by atoms with E-state index in [0.717, 1.165) is 18.6 Å². The molecule has 2 aromatic carbocycles. The van der Waals surface area contributed by atoms with E-state index in [-0.39, 0.29) is 17.0 Å². The van der Waals surface area contributed by atoms with E-state index in [1.165, 1.54) is 30.1 Å². The highest BCUT2D eigenvalue weighted by molar-refractivity contribution is 7.09. The van der Waals surface area contributed by atoms with Gasteiger partial charge in [0.1, 0.15) is 6.04 Å². The molecule has 172 valence electrons. The van der Waals surface area contributed by atoms with Crippen LogP contribution in [0.3, 0.4) is 0 Å². The standard InChI is InChI=1S/C24H23F2N3O3S/c1-27-24(32)22(15-10-11-19(25)20(26)14-15)29-23(31)16-5-2-6-17(13-16)28-21(30)9-3-7-18-8-4-12-33-18/h2,4-6,8,10-14,22H,3,7,9H2,1H3,(H,27,32)(H,28,30)(H,29,31). The highest BCUT2D eigenvalue weighted by Gasteiger charge is 2.24. The number of anilines is 1. The number of carbonyl (C=O) groups is 3. The summed E-state index contributed by atoms with van der Waals surface area (Å²) in [4.78, 5) is 38.5. The van der Waals surface area contributed by atoms with Crippen molar-refractivity contribution in [2.24, 2.45) is 0 Å². The molecule has 0 bridgehead atoms. The number of aryl methyl sites for hydroxylation is 1. The van der Waals surface area contributed by atoms with E-state index in [0.29, 0.717) is 18.5 Å². The molecule has 0 aliphatic rings. The fourth-order valence-corrected chi connectivity index (χ4v) is 3.94. The number of carbonyl (C=O) groups excluding carboxylic acids is 3. The Morgan fingerprint density at radius 2 is 1.82 bits per heavy atom. The molecule has 1 aromatic heterocycles. The van der Waals surface area contributed by atoms with E-state index in [1.54, 1.807) is 23.5 Å². The van der Waals surface area contributed by atoms with Crippen LogP contribution < -0.4 is 16.0 Å². The number of hydrogen-bond acceptors (Lipinski definition) is 4. The summed E-state index contributed by atoms with van der Waals surface area (Å²) in [6.07, 6.45) is 1.86. The molecule has 0 fully saturated rings. The van der Waals surface area contributed by atoms with Gasteiger partial charge in [-0.3, -0.25) is 14.4 Å². The highest BCUT2D eigenvalue weighted by Crippen LogP contribution is 2.19. The van der Waals surface area contributed by atoms with Crippen molar-refractivity contribution in [3.05, 3.63) is 87.6 Å². The molecule has 3 aromatic rings. The molecule has 0 saturated heterocycles. The molecule has 0 saturated carbocycles. The molecule has 1 heterocycles. The van der Waals surface area contributed by atoms with Crippen molar-refractivity contribution in [2.45, 2.75) is 25.3 Å². The second kappa shape index (κ2) is 11.3. The number of halogens is 2. The van der Waals surface area contributed by atoms with Crippen LogP contribution in [0.15, 0.2) is 60.0 Å². The monoisotopic (exact) mass is 471 g/mol. The summed E-state index contributed by atoms with van der Waals surface area (Å²) in [6, 6.07) is 12.0. The summed E-state index contributed by atoms with van der Waals surface area (Å²) in [5, 5.41) is 9.68. The molecular formula is C24H23F2N3O3S. The zero-order chi connectivity index (χ0) is 23.8. The van der Waals surface area contributed by atoms with E-state index >= 15 is 0 Å². The molecule has 3 N–H and O–H groups in total. The lowest BCUT2D eigenvalue weighted by Gasteiger charge is -2.18. The van der Waals surface area contributed by atoms with E-state index in [2.05, 4.69) is 16.0 Å². The summed E-state index contributed by atoms with van der Waals surface area (Å²) in [5.41, 5.74) is 0.729. The third kappa shape index (κ3) is 6.69. The fourth-order valence-electron chi connectivity index (χ4n) is 3.19. The lowest BCUT2D eigenvalue weighted by Crippen LogP contribution is -2.39. The lowest BCUT2D eigenvalue weighted by molar-refractivity contribution is -0.122. The minimum Gasteiger partial charge on any atom is -0.357 e. The molecule has 3 rings (SSSR count). The molecule has 6 nitrogen and oxygen atoms in total. The molecule has 9 heteroatoms. The third-order valence-corrected chi connectivity index (χ3v) is 5.81. The Kier molecular flexibility index (Phi) is 8.26. The Morgan fingerprint density at radius 3 is 2.52 bits per heavy atom. The van der Waals surface area contributed by atoms with Crippen molar-refractivity contribution in [1.29, 1.82) is 0 Å². The number of thiophene rings is 1. The van der Waals surface area contributed by atoms with Gasteiger partial charge in [-0.2, -0.15) is 0 Å². The van der Waals surface area contributed by atoms with Crippen LogP contribution in [0, 0.1) is 11.6 Å². The SMILES string of the molecule is CNC(=O)C(NC(=O)c1cccc(NC(=O)CCCc2cccs2)c1)c1ccc(F)c(F)c1. The molecule has 0 radical (unpaired) electrons. The number of benzene rings is 2. The molecule has 0 spiro atoms. The Bertz CT molecular complexity index is 1140. The van der Waals surface area contributed by atoms with E-state index in [4.69, 9.17) is 0 Å². The van der Waals surface area contributed by atoms with Gasteiger partial charge in [0.05, 0.1) is 0 Å². The maximum absolute atomic E-state index is 13.7. The Balaban J connectivity index is 1.64. The molecule has 0 aliphatic heterocycles. The van der Waals surface area contributed by atoms with Crippen LogP contribution in [-0.2, 0) is 16.0 Å². The van der Waals surface area contributed by atoms with Crippen molar-refractivity contribution in [3.8, 4) is 0 Å². The molecule has 0 aliphatic carbocycles. The average molecular weight is 472 g/mol. The summed E-state index contributed by atoms with van der Waals surface area (Å²) < 4.78 is 26.9. The van der Waals surface area contributed by atoms with Crippen LogP contribution in [0.1, 0.15) is 39.7 Å². The summed E-state index contributed by atoms with van der Waals surface area (Å²) in [5.74, 6) is -3.56. The average Bonchev–Trinajstić information content (AvgIpc) is 3.32. The maximum Gasteiger partial charge on any atom is 0.252 e. The van der Waals surface area contributed by atoms with Gasteiger partial charge in [-0.15, -0.1) is 11.3 Å². The molecule has 3 amide bonds. The fraction of sp³-hybridized carbons (Fsp3) is 0.208. The van der Waals surface area contributed by atoms with Crippen LogP contribution in [0.4, 0.5) is 14.5 Å². The lowest BCUT2D eigenvalue weighted by atomic mass is 10.0. The van der Waals surface area contributed by atoms with Crippen LogP contribution >= 0.6 is 11.3 Å². The number of amides is 3. The predicted octanol–water partition coefficient (Wildman–Crippen LogP) is 4.20. The van der Waals surface area contributed by atoms with Crippen molar-refractivity contribution in [1.82, 2.24) is 10.6 Å². The van der Waals surface area contributed by atoms with Crippen molar-refractivity contribution < 1.29 is 23.2 Å². The second-order valence-corrected chi connectivity index (χ2v) is 8.29. The van der Waals surface area contributed by atoms with Gasteiger partial charge < -0.3 is 16.0 Å². The van der Waals surface area contributed by atoms with Gasteiger partial charge >= 0.3 is 0 Å². The van der Waals surface area contributed by atoms with Crippen LogP contribution in [0.25, 0.3) is 0 Å². The summed E-state index contributed by atoms with van der Waals surface area (Å²) in [7, 11) is 1.37. The summed E-state index contributed by atoms with van der Waals surface area (Å²) >= 11 is 1.65. The zero-order valence-corrected chi connectivity index (χ0v) is 18.7. The number of likely N-dealkylation sites (N-methyl/N-ethyl adjacent to an activating group) is 1. The topological polar surface area (TPSA) is 87.3 Å². The van der Waals surface area contributed by atoms with Gasteiger partial charge in [0.2, 0.25) is 11.8 Å². The smallest absolute Gasteiger partial charge is 0.252 e.